The molecule has 0 aromatic heterocycles. The van der Waals surface area contributed by atoms with Gasteiger partial charge in [0.2, 0.25) is 0 Å². The van der Waals surface area contributed by atoms with Crippen LogP contribution in [0.15, 0.2) is 30.4 Å². The molecule has 41 heavy (non-hydrogen) atoms. The molecule has 2 rings (SSSR count). The van der Waals surface area contributed by atoms with Crippen molar-refractivity contribution in [1.29, 1.82) is 0 Å². The van der Waals surface area contributed by atoms with E-state index < -0.39 is 17.8 Å². The number of benzene rings is 1. The lowest BCUT2D eigenvalue weighted by atomic mass is 10.1. The van der Waals surface area contributed by atoms with Gasteiger partial charge in [0.05, 0.1) is 104 Å². The molecular formula is C28H41NO12. The Bertz CT molecular complexity index is 882. The summed E-state index contributed by atoms with van der Waals surface area (Å²) in [6.07, 6.45) is 0. The molecule has 1 N–H and O–H groups in total. The molecule has 0 radical (unpaired) electrons. The topological polar surface area (TPSA) is 146 Å². The molecule has 0 saturated heterocycles. The largest absolute Gasteiger partial charge is 0.460 e. The lowest BCUT2D eigenvalue weighted by molar-refractivity contribution is -0.112. The maximum Gasteiger partial charge on any atom is 0.338 e. The van der Waals surface area contributed by atoms with Crippen LogP contribution in [0.5, 0.6) is 0 Å². The summed E-state index contributed by atoms with van der Waals surface area (Å²) in [5.74, 6) is -1.85. The fourth-order valence-electron chi connectivity index (χ4n) is 3.15. The van der Waals surface area contributed by atoms with Crippen molar-refractivity contribution < 1.29 is 57.0 Å². The predicted octanol–water partition coefficient (Wildman–Crippen LogP) is 1.64. The molecule has 0 saturated carbocycles. The van der Waals surface area contributed by atoms with Gasteiger partial charge in [0.25, 0.3) is 5.91 Å². The average Bonchev–Trinajstić information content (AvgIpc) is 2.96. The minimum absolute atomic E-state index is 0.0177. The first kappa shape index (κ1) is 34.3. The van der Waals surface area contributed by atoms with Gasteiger partial charge in [0.1, 0.15) is 13.2 Å². The zero-order valence-electron chi connectivity index (χ0n) is 23.7. The van der Waals surface area contributed by atoms with Crippen LogP contribution in [-0.2, 0) is 47.4 Å². The van der Waals surface area contributed by atoms with E-state index in [9.17, 15) is 14.4 Å². The summed E-state index contributed by atoms with van der Waals surface area (Å²) >= 11 is 0. The van der Waals surface area contributed by atoms with Gasteiger partial charge < -0.3 is 47.9 Å². The van der Waals surface area contributed by atoms with Crippen LogP contribution in [0, 0.1) is 0 Å². The Labute approximate surface area is 240 Å². The van der Waals surface area contributed by atoms with E-state index in [4.69, 9.17) is 42.6 Å². The van der Waals surface area contributed by atoms with Crippen LogP contribution in [0.3, 0.4) is 0 Å². The summed E-state index contributed by atoms with van der Waals surface area (Å²) in [6.45, 7) is 10.3. The minimum atomic E-state index is -0.695. The van der Waals surface area contributed by atoms with Gasteiger partial charge in [-0.25, -0.2) is 9.59 Å². The number of hydrogen-bond acceptors (Lipinski definition) is 12. The first-order valence-electron chi connectivity index (χ1n) is 13.5. The summed E-state index contributed by atoms with van der Waals surface area (Å²) < 4.78 is 48.5. The molecule has 1 aliphatic rings. The van der Waals surface area contributed by atoms with Crippen molar-refractivity contribution in [2.45, 2.75) is 6.92 Å². The Morgan fingerprint density at radius 3 is 1.15 bits per heavy atom. The third-order valence-electron chi connectivity index (χ3n) is 5.20. The number of cyclic esters (lactones) is 2. The summed E-state index contributed by atoms with van der Waals surface area (Å²) in [5, 5.41) is 2.60. The van der Waals surface area contributed by atoms with Crippen molar-refractivity contribution >= 4 is 23.5 Å². The van der Waals surface area contributed by atoms with E-state index in [-0.39, 0.29) is 48.8 Å². The molecule has 1 aromatic carbocycles. The van der Waals surface area contributed by atoms with Crippen LogP contribution in [0.1, 0.15) is 27.6 Å². The monoisotopic (exact) mass is 583 g/mol. The third kappa shape index (κ3) is 16.2. The minimum Gasteiger partial charge on any atom is -0.460 e. The van der Waals surface area contributed by atoms with Gasteiger partial charge in [0, 0.05) is 11.3 Å². The molecule has 1 amide bonds. The number of ether oxygens (including phenoxy) is 9. The molecule has 13 heteroatoms. The Morgan fingerprint density at radius 1 is 0.561 bits per heavy atom. The molecule has 0 fully saturated rings. The number of nitrogens with one attached hydrogen (secondary N) is 1. The number of esters is 2. The highest BCUT2D eigenvalue weighted by molar-refractivity contribution is 6.05. The van der Waals surface area contributed by atoms with E-state index >= 15 is 0 Å². The number of carbonyl (C=O) groups is 3. The maximum atomic E-state index is 12.7. The smallest absolute Gasteiger partial charge is 0.338 e. The van der Waals surface area contributed by atoms with E-state index in [1.165, 1.54) is 25.1 Å². The molecule has 13 nitrogen and oxygen atoms in total. The van der Waals surface area contributed by atoms with Gasteiger partial charge in [0.15, 0.2) is 0 Å². The molecular weight excluding hydrogens is 542 g/mol. The van der Waals surface area contributed by atoms with Crippen LogP contribution in [0.4, 0.5) is 5.69 Å². The van der Waals surface area contributed by atoms with Crippen molar-refractivity contribution in [1.82, 2.24) is 0 Å². The van der Waals surface area contributed by atoms with Gasteiger partial charge in [-0.2, -0.15) is 0 Å². The quantitative estimate of drug-likeness (QED) is 0.399. The molecule has 230 valence electrons. The number of amides is 1. The lowest BCUT2D eigenvalue weighted by Crippen LogP contribution is -2.17. The van der Waals surface area contributed by atoms with Crippen molar-refractivity contribution in [3.63, 3.8) is 0 Å². The van der Waals surface area contributed by atoms with Crippen LogP contribution < -0.4 is 5.32 Å². The standard InChI is InChI=1S/C28H41NO12/c1-22(2)26(30)29-25-20-23-19-24(21-25)28(32)41-18-16-39-14-12-37-10-8-35-6-4-33-3-5-34-7-9-36-11-13-38-15-17-40-27(23)31/h19-21H,1,3-18H2,2H3,(H,29,30). The number of carbonyl (C=O) groups excluding carboxylic acids is 3. The molecule has 0 unspecified atom stereocenters. The zero-order valence-corrected chi connectivity index (χ0v) is 23.7. The van der Waals surface area contributed by atoms with Gasteiger partial charge in [-0.15, -0.1) is 0 Å². The fraction of sp³-hybridized carbons (Fsp3) is 0.607. The molecule has 1 heterocycles. The lowest BCUT2D eigenvalue weighted by Gasteiger charge is -2.12. The number of hydrogen-bond donors (Lipinski definition) is 1. The Kier molecular flexibility index (Phi) is 18.2. The SMILES string of the molecule is C=C(C)C(=O)Nc1cc2cc(c1)C(=O)OCCOCCOCCOCCOCCOCCOCCOCCOC2=O. The van der Waals surface area contributed by atoms with Crippen molar-refractivity contribution in [2.24, 2.45) is 0 Å². The van der Waals surface area contributed by atoms with Crippen molar-refractivity contribution in [3.8, 4) is 0 Å². The highest BCUT2D eigenvalue weighted by Crippen LogP contribution is 2.18. The molecule has 1 aliphatic heterocycles. The highest BCUT2D eigenvalue weighted by atomic mass is 16.6. The first-order valence-corrected chi connectivity index (χ1v) is 13.5. The van der Waals surface area contributed by atoms with E-state index in [2.05, 4.69) is 11.9 Å². The van der Waals surface area contributed by atoms with Gasteiger partial charge in [-0.1, -0.05) is 6.58 Å². The first-order chi connectivity index (χ1) is 20.0. The van der Waals surface area contributed by atoms with Gasteiger partial charge >= 0.3 is 11.9 Å². The second-order valence-electron chi connectivity index (χ2n) is 8.59. The van der Waals surface area contributed by atoms with E-state index in [1.807, 2.05) is 0 Å². The van der Waals surface area contributed by atoms with Crippen molar-refractivity contribution in [3.05, 3.63) is 41.5 Å². The molecule has 2 bridgehead atoms. The van der Waals surface area contributed by atoms with Crippen LogP contribution in [-0.4, -0.2) is 124 Å². The maximum absolute atomic E-state index is 12.7. The number of anilines is 1. The fourth-order valence-corrected chi connectivity index (χ4v) is 3.15. The summed E-state index contributed by atoms with van der Waals surface area (Å²) in [4.78, 5) is 37.4. The zero-order chi connectivity index (χ0) is 29.5. The number of rotatable bonds is 2. The van der Waals surface area contributed by atoms with Gasteiger partial charge in [-0.3, -0.25) is 4.79 Å². The second kappa shape index (κ2) is 21.8. The average molecular weight is 584 g/mol. The summed E-state index contributed by atoms with van der Waals surface area (Å²) in [5.41, 5.74) is 0.588. The number of fused-ring (bicyclic) bond motifs is 2. The van der Waals surface area contributed by atoms with Crippen molar-refractivity contribution in [2.75, 3.05) is 111 Å². The summed E-state index contributed by atoms with van der Waals surface area (Å²) in [7, 11) is 0. The highest BCUT2D eigenvalue weighted by Gasteiger charge is 2.17. The molecule has 1 aromatic rings. The Hall–Kier alpha value is -2.91. The molecule has 0 atom stereocenters. The van der Waals surface area contributed by atoms with E-state index in [0.717, 1.165) is 0 Å². The predicted molar refractivity (Wildman–Crippen MR) is 146 cm³/mol. The normalized spacial score (nSPS) is 19.2. The van der Waals surface area contributed by atoms with Crippen LogP contribution in [0.2, 0.25) is 0 Å². The molecule has 0 spiro atoms. The van der Waals surface area contributed by atoms with Gasteiger partial charge in [-0.05, 0) is 25.1 Å². The van der Waals surface area contributed by atoms with Crippen LogP contribution in [0.25, 0.3) is 0 Å². The van der Waals surface area contributed by atoms with Crippen LogP contribution >= 0.6 is 0 Å². The second-order valence-corrected chi connectivity index (χ2v) is 8.59. The van der Waals surface area contributed by atoms with E-state index in [0.29, 0.717) is 79.3 Å². The Morgan fingerprint density at radius 2 is 0.854 bits per heavy atom. The van der Waals surface area contributed by atoms with E-state index in [1.54, 1.807) is 0 Å². The summed E-state index contributed by atoms with van der Waals surface area (Å²) in [6, 6.07) is 4.14. The third-order valence-corrected chi connectivity index (χ3v) is 5.20. The Balaban J connectivity index is 1.91. The molecule has 0 aliphatic carbocycles.